The zero-order chi connectivity index (χ0) is 28.5. The number of thiophene rings is 1. The second-order valence-electron chi connectivity index (χ2n) is 8.84. The molecule has 2 amide bonds. The molecule has 3 aliphatic rings. The second kappa shape index (κ2) is 13.6. The molecule has 0 radical (unpaired) electrons. The highest BCUT2D eigenvalue weighted by molar-refractivity contribution is 7.61. The normalized spacial score (nSPS) is 13.3. The van der Waals surface area contributed by atoms with Crippen LogP contribution in [0, 0.1) is 0 Å². The molecule has 0 fully saturated rings. The Bertz CT molecular complexity index is 1560. The predicted octanol–water partition coefficient (Wildman–Crippen LogP) is 2.73. The number of carboxylic acid groups (broad SMARTS) is 1. The number of guanidine groups is 1. The molecule has 1 aromatic heterocycles. The third-order valence-electron chi connectivity index (χ3n) is 5.93. The van der Waals surface area contributed by atoms with E-state index in [4.69, 9.17) is 5.11 Å². The topological polar surface area (TPSA) is 166 Å². The molecule has 13 heteroatoms. The predicted molar refractivity (Wildman–Crippen MR) is 152 cm³/mol. The quantitative estimate of drug-likeness (QED) is 0.236. The maximum atomic E-state index is 12.1. The summed E-state index contributed by atoms with van der Waals surface area (Å²) < 4.78 is 24.0. The molecule has 208 valence electrons. The van der Waals surface area contributed by atoms with Gasteiger partial charge in [0, 0.05) is 24.4 Å². The van der Waals surface area contributed by atoms with E-state index < -0.39 is 35.0 Å². The van der Waals surface area contributed by atoms with Crippen molar-refractivity contribution >= 4 is 45.6 Å². The molecule has 1 atom stereocenters. The van der Waals surface area contributed by atoms with Crippen molar-refractivity contribution in [3.05, 3.63) is 70.4 Å². The van der Waals surface area contributed by atoms with E-state index in [0.717, 1.165) is 17.8 Å². The molecule has 1 aromatic carbocycles. The molecule has 0 spiro atoms. The number of hydrogen-bond donors (Lipinski definition) is 4. The van der Waals surface area contributed by atoms with Gasteiger partial charge in [-0.05, 0) is 53.3 Å². The monoisotopic (exact) mass is 581 g/mol. The molecule has 0 saturated heterocycles. The Hall–Kier alpha value is -4.36. The van der Waals surface area contributed by atoms with Crippen molar-refractivity contribution in [1.29, 1.82) is 0 Å². The summed E-state index contributed by atoms with van der Waals surface area (Å²) in [4.78, 5) is 40.2. The number of carbonyl (C=O) groups excluding carboxylic acids is 2. The molecular weight excluding hydrogens is 554 g/mol. The number of nitrogens with one attached hydrogen (secondary N) is 3. The van der Waals surface area contributed by atoms with Crippen LogP contribution in [-0.2, 0) is 26.5 Å². The molecule has 4 N–H and O–H groups in total. The lowest BCUT2D eigenvalue weighted by atomic mass is 10.1. The summed E-state index contributed by atoms with van der Waals surface area (Å²) in [6.45, 7) is 0.989. The molecule has 0 bridgehead atoms. The SMILES string of the molecule is O=C(CCc1ccc(C(=O)NC[C@H](N=S(=O)=O)C(=O)O)s1)NC1=NCCCN1.c1ccc(-c2ccc3cc2-3)cc1. The van der Waals surface area contributed by atoms with Crippen LogP contribution in [0.25, 0.3) is 22.3 Å². The van der Waals surface area contributed by atoms with E-state index in [0.29, 0.717) is 23.8 Å². The molecule has 0 saturated carbocycles. The Balaban J connectivity index is 0.000000251. The lowest BCUT2D eigenvalue weighted by Gasteiger charge is -2.14. The number of aliphatic carboxylic acids is 1. The largest absolute Gasteiger partial charge is 0.480 e. The first-order valence-corrected chi connectivity index (χ1v) is 14.3. The lowest BCUT2D eigenvalue weighted by Crippen LogP contribution is -2.43. The van der Waals surface area contributed by atoms with Gasteiger partial charge in [-0.2, -0.15) is 12.8 Å². The summed E-state index contributed by atoms with van der Waals surface area (Å²) in [5.74, 6) is -1.72. The molecule has 11 nitrogen and oxygen atoms in total. The Kier molecular flexibility index (Phi) is 9.76. The maximum absolute atomic E-state index is 12.1. The number of amides is 2. The van der Waals surface area contributed by atoms with Gasteiger partial charge in [0.1, 0.15) is 0 Å². The van der Waals surface area contributed by atoms with Crippen molar-refractivity contribution in [3.8, 4) is 22.3 Å². The highest BCUT2D eigenvalue weighted by Gasteiger charge is 2.20. The van der Waals surface area contributed by atoms with Crippen molar-refractivity contribution in [3.63, 3.8) is 0 Å². The van der Waals surface area contributed by atoms with Gasteiger partial charge in [0.05, 0.1) is 11.4 Å². The highest BCUT2D eigenvalue weighted by Crippen LogP contribution is 2.43. The summed E-state index contributed by atoms with van der Waals surface area (Å²) in [5.41, 5.74) is 5.55. The van der Waals surface area contributed by atoms with Gasteiger partial charge in [-0.15, -0.1) is 11.3 Å². The van der Waals surface area contributed by atoms with Gasteiger partial charge in [-0.25, -0.2) is 4.79 Å². The number of benzene rings is 2. The molecular formula is C27H27N5O6S2. The average molecular weight is 582 g/mol. The van der Waals surface area contributed by atoms with E-state index in [1.165, 1.54) is 33.6 Å². The van der Waals surface area contributed by atoms with E-state index in [9.17, 15) is 22.8 Å². The average Bonchev–Trinajstić information content (AvgIpc) is 3.35. The number of aliphatic imine (C=N–C) groups is 1. The van der Waals surface area contributed by atoms with Crippen molar-refractivity contribution in [2.75, 3.05) is 19.6 Å². The van der Waals surface area contributed by atoms with Gasteiger partial charge in [-0.1, -0.05) is 42.5 Å². The van der Waals surface area contributed by atoms with Crippen LogP contribution in [0.15, 0.2) is 70.0 Å². The summed E-state index contributed by atoms with van der Waals surface area (Å²) in [7, 11) is -2.89. The Labute approximate surface area is 236 Å². The number of rotatable bonds is 9. The van der Waals surface area contributed by atoms with E-state index in [1.807, 2.05) is 0 Å². The lowest BCUT2D eigenvalue weighted by molar-refractivity contribution is -0.138. The molecule has 2 heterocycles. The van der Waals surface area contributed by atoms with Crippen LogP contribution >= 0.6 is 11.3 Å². The zero-order valence-corrected chi connectivity index (χ0v) is 22.9. The fourth-order valence-electron chi connectivity index (χ4n) is 3.85. The van der Waals surface area contributed by atoms with Crippen LogP contribution in [0.3, 0.4) is 0 Å². The molecule has 2 aliphatic carbocycles. The fourth-order valence-corrected chi connectivity index (χ4v) is 5.15. The van der Waals surface area contributed by atoms with Crippen LogP contribution in [0.2, 0.25) is 0 Å². The van der Waals surface area contributed by atoms with Gasteiger partial charge in [-0.3, -0.25) is 19.9 Å². The molecule has 1 aliphatic heterocycles. The first-order valence-electron chi connectivity index (χ1n) is 12.5. The van der Waals surface area contributed by atoms with E-state index in [2.05, 4.69) is 73.8 Å². The minimum Gasteiger partial charge on any atom is -0.480 e. The van der Waals surface area contributed by atoms with Crippen molar-refractivity contribution in [2.24, 2.45) is 9.36 Å². The molecule has 2 aromatic rings. The number of nitrogens with zero attached hydrogens (tertiary/aromatic N) is 2. The second-order valence-corrected chi connectivity index (χ2v) is 10.7. The summed E-state index contributed by atoms with van der Waals surface area (Å²) in [6.07, 6.45) is 1.58. The first-order chi connectivity index (χ1) is 19.3. The summed E-state index contributed by atoms with van der Waals surface area (Å²) >= 11 is 1.17. The number of aryl methyl sites for hydroxylation is 1. The zero-order valence-electron chi connectivity index (χ0n) is 21.3. The van der Waals surface area contributed by atoms with Gasteiger partial charge in [0.2, 0.25) is 5.91 Å². The Morgan fingerprint density at radius 2 is 1.85 bits per heavy atom. The van der Waals surface area contributed by atoms with E-state index >= 15 is 0 Å². The first kappa shape index (κ1) is 28.6. The standard InChI is InChI=1S/C15H19N5O6S2.C12H8/c21-12(19-15-16-6-1-7-17-15)5-3-9-2-4-11(27-9)13(22)18-8-10(14(23)24)20-28(25)26;1-2-4-9(5-3-1)11-7-6-10-8-12(10)11/h2,4,10H,1,3,5-8H2,(H,18,22)(H,23,24)(H2,16,17,19,21);1-8H/t10-;/m0./s1. The minimum absolute atomic E-state index is 0.191. The van der Waals surface area contributed by atoms with Crippen molar-refractivity contribution in [1.82, 2.24) is 16.0 Å². The van der Waals surface area contributed by atoms with E-state index in [1.54, 1.807) is 12.1 Å². The maximum Gasteiger partial charge on any atom is 0.331 e. The van der Waals surface area contributed by atoms with Crippen molar-refractivity contribution in [2.45, 2.75) is 25.3 Å². The smallest absolute Gasteiger partial charge is 0.331 e. The van der Waals surface area contributed by atoms with Crippen LogP contribution in [0.1, 0.15) is 27.4 Å². The van der Waals surface area contributed by atoms with Gasteiger partial charge < -0.3 is 15.7 Å². The molecule has 40 heavy (non-hydrogen) atoms. The fraction of sp³-hybridized carbons (Fsp3) is 0.259. The summed E-state index contributed by atoms with van der Waals surface area (Å²) in [6, 6.07) is 18.8. The van der Waals surface area contributed by atoms with Crippen LogP contribution in [0.5, 0.6) is 0 Å². The third-order valence-corrected chi connectivity index (χ3v) is 7.50. The van der Waals surface area contributed by atoms with Gasteiger partial charge in [0.25, 0.3) is 5.91 Å². The summed E-state index contributed by atoms with van der Waals surface area (Å²) in [5, 5.41) is 16.9. The molecule has 0 unspecified atom stereocenters. The van der Waals surface area contributed by atoms with Crippen molar-refractivity contribution < 1.29 is 27.9 Å². The number of carboxylic acids is 1. The number of carbonyl (C=O) groups is 3. The van der Waals surface area contributed by atoms with Crippen LogP contribution in [-0.4, -0.2) is 62.9 Å². The third kappa shape index (κ3) is 8.32. The minimum atomic E-state index is -2.89. The number of hydrogen-bond acceptors (Lipinski definition) is 9. The number of fused-ring (bicyclic) bond motifs is 1. The Morgan fingerprint density at radius 3 is 2.48 bits per heavy atom. The highest BCUT2D eigenvalue weighted by atomic mass is 32.2. The van der Waals surface area contributed by atoms with Gasteiger partial charge >= 0.3 is 16.5 Å². The van der Waals surface area contributed by atoms with Crippen LogP contribution in [0.4, 0.5) is 0 Å². The van der Waals surface area contributed by atoms with Gasteiger partial charge in [0.15, 0.2) is 12.0 Å². The van der Waals surface area contributed by atoms with E-state index in [-0.39, 0.29) is 12.3 Å². The Morgan fingerprint density at radius 1 is 1.05 bits per heavy atom. The molecule has 5 rings (SSSR count). The van der Waals surface area contributed by atoms with Crippen LogP contribution < -0.4 is 16.0 Å².